The van der Waals surface area contributed by atoms with Crippen LogP contribution in [0.5, 0.6) is 0 Å². The number of carbonyl (C=O) groups excluding carboxylic acids is 1. The predicted octanol–water partition coefficient (Wildman–Crippen LogP) is 2.37. The van der Waals surface area contributed by atoms with Crippen molar-refractivity contribution in [1.82, 2.24) is 14.7 Å². The van der Waals surface area contributed by atoms with Crippen LogP contribution in [0.1, 0.15) is 25.0 Å². The average Bonchev–Trinajstić information content (AvgIpc) is 3.01. The zero-order valence-electron chi connectivity index (χ0n) is 10.0. The molecule has 2 aromatic rings. The molecule has 0 aromatic carbocycles. The van der Waals surface area contributed by atoms with Crippen LogP contribution in [0.2, 0.25) is 0 Å². The molecule has 5 heteroatoms. The fourth-order valence-electron chi connectivity index (χ4n) is 2.23. The molecule has 0 bridgehead atoms. The second-order valence-corrected chi connectivity index (χ2v) is 5.44. The minimum absolute atomic E-state index is 0.114. The standard InChI is InChI=1S/C13H15N3OS/c17-12(7-10-3-1-2-4-10)14-8-11-9-16-5-6-18-13(16)15-11/h1,3,5-6,9-10H,2,4,7-8H2,(H,14,17). The molecule has 1 aliphatic carbocycles. The van der Waals surface area contributed by atoms with Crippen molar-refractivity contribution in [2.75, 3.05) is 0 Å². The third kappa shape index (κ3) is 2.46. The van der Waals surface area contributed by atoms with Gasteiger partial charge in [-0.1, -0.05) is 12.2 Å². The fourth-order valence-corrected chi connectivity index (χ4v) is 2.94. The Morgan fingerprint density at radius 1 is 1.61 bits per heavy atom. The van der Waals surface area contributed by atoms with Gasteiger partial charge in [0.2, 0.25) is 5.91 Å². The van der Waals surface area contributed by atoms with Crippen molar-refractivity contribution < 1.29 is 4.79 Å². The molecule has 0 saturated heterocycles. The lowest BCUT2D eigenvalue weighted by Crippen LogP contribution is -2.24. The number of thiazole rings is 1. The zero-order chi connectivity index (χ0) is 12.4. The van der Waals surface area contributed by atoms with Crippen LogP contribution in [-0.2, 0) is 11.3 Å². The molecule has 1 atom stereocenters. The number of nitrogens with zero attached hydrogens (tertiary/aromatic N) is 2. The van der Waals surface area contributed by atoms with Crippen LogP contribution in [-0.4, -0.2) is 15.3 Å². The van der Waals surface area contributed by atoms with Crippen LogP contribution in [0, 0.1) is 5.92 Å². The van der Waals surface area contributed by atoms with E-state index in [1.807, 2.05) is 22.2 Å². The molecule has 2 aromatic heterocycles. The highest BCUT2D eigenvalue weighted by Crippen LogP contribution is 2.20. The first-order chi connectivity index (χ1) is 8.81. The Bertz CT molecular complexity index is 555. The summed E-state index contributed by atoms with van der Waals surface area (Å²) < 4.78 is 1.98. The van der Waals surface area contributed by atoms with Gasteiger partial charge in [0.05, 0.1) is 12.2 Å². The first-order valence-electron chi connectivity index (χ1n) is 6.16. The van der Waals surface area contributed by atoms with Crippen LogP contribution < -0.4 is 5.32 Å². The molecule has 1 N–H and O–H groups in total. The van der Waals surface area contributed by atoms with Crippen molar-refractivity contribution >= 4 is 22.2 Å². The molecule has 4 nitrogen and oxygen atoms in total. The number of carbonyl (C=O) groups is 1. The minimum atomic E-state index is 0.114. The lowest BCUT2D eigenvalue weighted by atomic mass is 10.1. The summed E-state index contributed by atoms with van der Waals surface area (Å²) in [6, 6.07) is 0. The van der Waals surface area contributed by atoms with Crippen LogP contribution in [0.3, 0.4) is 0 Å². The molecule has 1 amide bonds. The molecule has 1 aliphatic rings. The van der Waals surface area contributed by atoms with Gasteiger partial charge in [0, 0.05) is 24.2 Å². The molecule has 2 heterocycles. The number of fused-ring (bicyclic) bond motifs is 1. The van der Waals surface area contributed by atoms with E-state index in [4.69, 9.17) is 0 Å². The van der Waals surface area contributed by atoms with Crippen LogP contribution in [0.25, 0.3) is 4.96 Å². The molecule has 0 fully saturated rings. The van der Waals surface area contributed by atoms with E-state index in [2.05, 4.69) is 22.5 Å². The summed E-state index contributed by atoms with van der Waals surface area (Å²) in [4.78, 5) is 17.1. The number of amides is 1. The molecule has 3 rings (SSSR count). The summed E-state index contributed by atoms with van der Waals surface area (Å²) in [7, 11) is 0. The molecule has 0 radical (unpaired) electrons. The van der Waals surface area contributed by atoms with E-state index in [0.29, 0.717) is 18.9 Å². The average molecular weight is 261 g/mol. The largest absolute Gasteiger partial charge is 0.350 e. The van der Waals surface area contributed by atoms with E-state index in [0.717, 1.165) is 23.5 Å². The molecule has 0 aliphatic heterocycles. The highest BCUT2D eigenvalue weighted by atomic mass is 32.1. The van der Waals surface area contributed by atoms with Gasteiger partial charge in [0.1, 0.15) is 0 Å². The van der Waals surface area contributed by atoms with Gasteiger partial charge in [-0.15, -0.1) is 11.3 Å². The van der Waals surface area contributed by atoms with Gasteiger partial charge in [-0.05, 0) is 18.8 Å². The summed E-state index contributed by atoms with van der Waals surface area (Å²) in [6.45, 7) is 0.518. The van der Waals surface area contributed by atoms with E-state index in [-0.39, 0.29) is 5.91 Å². The highest BCUT2D eigenvalue weighted by molar-refractivity contribution is 7.15. The molecule has 0 saturated carbocycles. The van der Waals surface area contributed by atoms with Crippen LogP contribution in [0.15, 0.2) is 29.9 Å². The fraction of sp³-hybridized carbons (Fsp3) is 0.385. The van der Waals surface area contributed by atoms with Gasteiger partial charge >= 0.3 is 0 Å². The Hall–Kier alpha value is -1.62. The molecule has 18 heavy (non-hydrogen) atoms. The maximum Gasteiger partial charge on any atom is 0.220 e. The Labute approximate surface area is 109 Å². The lowest BCUT2D eigenvalue weighted by Gasteiger charge is -2.07. The van der Waals surface area contributed by atoms with E-state index in [9.17, 15) is 4.79 Å². The summed E-state index contributed by atoms with van der Waals surface area (Å²) in [5, 5.41) is 4.93. The van der Waals surface area contributed by atoms with Crippen LogP contribution >= 0.6 is 11.3 Å². The highest BCUT2D eigenvalue weighted by Gasteiger charge is 2.14. The van der Waals surface area contributed by atoms with Crippen molar-refractivity contribution in [3.05, 3.63) is 35.6 Å². The Balaban J connectivity index is 1.52. The second-order valence-electron chi connectivity index (χ2n) is 4.57. The third-order valence-electron chi connectivity index (χ3n) is 3.17. The first-order valence-corrected chi connectivity index (χ1v) is 7.03. The molecule has 0 spiro atoms. The SMILES string of the molecule is O=C(CC1C=CCC1)NCc1cn2ccsc2n1. The topological polar surface area (TPSA) is 46.4 Å². The monoisotopic (exact) mass is 261 g/mol. The zero-order valence-corrected chi connectivity index (χ0v) is 10.8. The molecule has 1 unspecified atom stereocenters. The maximum absolute atomic E-state index is 11.7. The van der Waals surface area contributed by atoms with E-state index < -0.39 is 0 Å². The van der Waals surface area contributed by atoms with Crippen molar-refractivity contribution in [2.45, 2.75) is 25.8 Å². The number of rotatable bonds is 4. The number of aromatic nitrogens is 2. The molecular formula is C13H15N3OS. The minimum Gasteiger partial charge on any atom is -0.350 e. The normalized spacial score (nSPS) is 18.6. The maximum atomic E-state index is 11.7. The summed E-state index contributed by atoms with van der Waals surface area (Å²) in [5.41, 5.74) is 0.914. The van der Waals surface area contributed by atoms with Crippen molar-refractivity contribution in [3.8, 4) is 0 Å². The van der Waals surface area contributed by atoms with Gasteiger partial charge in [-0.25, -0.2) is 4.98 Å². The predicted molar refractivity (Wildman–Crippen MR) is 71.4 cm³/mol. The number of nitrogens with one attached hydrogen (secondary N) is 1. The van der Waals surface area contributed by atoms with Gasteiger partial charge in [-0.2, -0.15) is 0 Å². The van der Waals surface area contributed by atoms with Gasteiger partial charge in [0.15, 0.2) is 4.96 Å². The Kier molecular flexibility index (Phi) is 3.15. The smallest absolute Gasteiger partial charge is 0.220 e. The van der Waals surface area contributed by atoms with E-state index in [1.165, 1.54) is 0 Å². The summed E-state index contributed by atoms with van der Waals surface area (Å²) in [6.07, 6.45) is 11.0. The van der Waals surface area contributed by atoms with Crippen molar-refractivity contribution in [2.24, 2.45) is 5.92 Å². The first kappa shape index (κ1) is 11.5. The third-order valence-corrected chi connectivity index (χ3v) is 3.94. The van der Waals surface area contributed by atoms with Crippen LogP contribution in [0.4, 0.5) is 0 Å². The van der Waals surface area contributed by atoms with E-state index in [1.54, 1.807) is 11.3 Å². The van der Waals surface area contributed by atoms with Gasteiger partial charge in [0.25, 0.3) is 0 Å². The van der Waals surface area contributed by atoms with Crippen molar-refractivity contribution in [1.29, 1.82) is 0 Å². The summed E-state index contributed by atoms with van der Waals surface area (Å²) in [5.74, 6) is 0.540. The number of imidazole rings is 1. The number of allylic oxidation sites excluding steroid dienone is 2. The van der Waals surface area contributed by atoms with E-state index >= 15 is 0 Å². The lowest BCUT2D eigenvalue weighted by molar-refractivity contribution is -0.121. The summed E-state index contributed by atoms with van der Waals surface area (Å²) >= 11 is 1.60. The van der Waals surface area contributed by atoms with Crippen molar-refractivity contribution in [3.63, 3.8) is 0 Å². The molecular weight excluding hydrogens is 246 g/mol. The van der Waals surface area contributed by atoms with Gasteiger partial charge < -0.3 is 5.32 Å². The Morgan fingerprint density at radius 2 is 2.56 bits per heavy atom. The number of hydrogen-bond donors (Lipinski definition) is 1. The quantitative estimate of drug-likeness (QED) is 0.859. The molecule has 94 valence electrons. The Morgan fingerprint density at radius 3 is 3.33 bits per heavy atom. The van der Waals surface area contributed by atoms with Gasteiger partial charge in [-0.3, -0.25) is 9.20 Å². The second kappa shape index (κ2) is 4.94. The number of hydrogen-bond acceptors (Lipinski definition) is 3.